The zero-order valence-electron chi connectivity index (χ0n) is 11.8. The van der Waals surface area contributed by atoms with Crippen LogP contribution in [0.2, 0.25) is 5.02 Å². The highest BCUT2D eigenvalue weighted by atomic mass is 79.9. The Bertz CT molecular complexity index is 740. The molecule has 0 saturated heterocycles. The van der Waals surface area contributed by atoms with Crippen LogP contribution in [-0.4, -0.2) is 23.0 Å². The van der Waals surface area contributed by atoms with Crippen LogP contribution < -0.4 is 5.32 Å². The zero-order valence-corrected chi connectivity index (χ0v) is 14.2. The fourth-order valence-corrected chi connectivity index (χ4v) is 2.06. The highest BCUT2D eigenvalue weighted by Gasteiger charge is 2.21. The van der Waals surface area contributed by atoms with Gasteiger partial charge in [0.2, 0.25) is 0 Å². The van der Waals surface area contributed by atoms with Crippen molar-refractivity contribution in [1.29, 1.82) is 0 Å². The molecule has 0 aliphatic heterocycles. The minimum absolute atomic E-state index is 0.252. The summed E-state index contributed by atoms with van der Waals surface area (Å²) in [7, 11) is 0. The second-order valence-electron chi connectivity index (χ2n) is 4.52. The van der Waals surface area contributed by atoms with Gasteiger partial charge in [0.05, 0.1) is 10.6 Å². The van der Waals surface area contributed by atoms with Crippen LogP contribution in [0.25, 0.3) is 0 Å². The van der Waals surface area contributed by atoms with Gasteiger partial charge in [-0.2, -0.15) is 0 Å². The first-order chi connectivity index (χ1) is 10.9. The molecule has 2 rings (SSSR count). The van der Waals surface area contributed by atoms with Crippen molar-refractivity contribution in [1.82, 2.24) is 4.98 Å². The molecule has 8 heteroatoms. The van der Waals surface area contributed by atoms with E-state index in [1.165, 1.54) is 31.3 Å². The molecule has 0 saturated carbocycles. The smallest absolute Gasteiger partial charge is 0.341 e. The standard InChI is InChI=1S/C15H11BrClFN2O3/c1-8(14(21)20-13-5-3-10(17)7-19-13)23-15(22)11-4-2-9(16)6-12(11)18/h2-8H,1H3,(H,19,20,21)/t8-/m0/s1. The second-order valence-corrected chi connectivity index (χ2v) is 5.87. The third kappa shape index (κ3) is 4.74. The van der Waals surface area contributed by atoms with Crippen molar-refractivity contribution >= 4 is 45.2 Å². The number of benzene rings is 1. The third-order valence-electron chi connectivity index (χ3n) is 2.78. The van der Waals surface area contributed by atoms with E-state index in [4.69, 9.17) is 16.3 Å². The number of nitrogens with zero attached hydrogens (tertiary/aromatic N) is 1. The van der Waals surface area contributed by atoms with Crippen molar-refractivity contribution in [2.75, 3.05) is 5.32 Å². The van der Waals surface area contributed by atoms with Crippen LogP contribution in [0.15, 0.2) is 41.0 Å². The molecular formula is C15H11BrClFN2O3. The Morgan fingerprint density at radius 3 is 2.70 bits per heavy atom. The van der Waals surface area contributed by atoms with E-state index in [-0.39, 0.29) is 11.4 Å². The van der Waals surface area contributed by atoms with Crippen molar-refractivity contribution in [3.05, 3.63) is 57.4 Å². The van der Waals surface area contributed by atoms with Crippen LogP contribution in [0, 0.1) is 5.82 Å². The maximum atomic E-state index is 13.7. The molecule has 1 heterocycles. The number of hydrogen-bond donors (Lipinski definition) is 1. The highest BCUT2D eigenvalue weighted by Crippen LogP contribution is 2.17. The lowest BCUT2D eigenvalue weighted by Crippen LogP contribution is -2.30. The minimum Gasteiger partial charge on any atom is -0.449 e. The summed E-state index contributed by atoms with van der Waals surface area (Å²) in [6.07, 6.45) is 0.244. The number of hydrogen-bond acceptors (Lipinski definition) is 4. The van der Waals surface area contributed by atoms with Gasteiger partial charge >= 0.3 is 5.97 Å². The molecule has 0 aliphatic rings. The molecule has 1 N–H and O–H groups in total. The predicted molar refractivity (Wildman–Crippen MR) is 86.9 cm³/mol. The number of anilines is 1. The van der Waals surface area contributed by atoms with Gasteiger partial charge in [0.15, 0.2) is 6.10 Å². The Morgan fingerprint density at radius 1 is 1.35 bits per heavy atom. The van der Waals surface area contributed by atoms with Crippen molar-refractivity contribution in [3.8, 4) is 0 Å². The number of ether oxygens (including phenoxy) is 1. The number of amides is 1. The summed E-state index contributed by atoms with van der Waals surface area (Å²) in [4.78, 5) is 27.7. The number of rotatable bonds is 4. The van der Waals surface area contributed by atoms with Gasteiger partial charge in [-0.1, -0.05) is 27.5 Å². The van der Waals surface area contributed by atoms with E-state index in [0.717, 1.165) is 6.07 Å². The molecule has 23 heavy (non-hydrogen) atoms. The second kappa shape index (κ2) is 7.52. The number of halogens is 3. The van der Waals surface area contributed by atoms with Crippen LogP contribution in [0.1, 0.15) is 17.3 Å². The number of esters is 1. The zero-order chi connectivity index (χ0) is 17.0. The molecule has 0 bridgehead atoms. The summed E-state index contributed by atoms with van der Waals surface area (Å²) in [5.74, 6) is -2.00. The van der Waals surface area contributed by atoms with Gasteiger partial charge in [-0.15, -0.1) is 0 Å². The average Bonchev–Trinajstić information content (AvgIpc) is 2.49. The van der Waals surface area contributed by atoms with Crippen LogP contribution in [0.4, 0.5) is 10.2 Å². The van der Waals surface area contributed by atoms with Crippen LogP contribution in [0.3, 0.4) is 0 Å². The fourth-order valence-electron chi connectivity index (χ4n) is 1.61. The van der Waals surface area contributed by atoms with E-state index >= 15 is 0 Å². The summed E-state index contributed by atoms with van der Waals surface area (Å²) >= 11 is 8.78. The van der Waals surface area contributed by atoms with Crippen molar-refractivity contribution < 1.29 is 18.7 Å². The first-order valence-electron chi connectivity index (χ1n) is 6.45. The molecular weight excluding hydrogens is 391 g/mol. The quantitative estimate of drug-likeness (QED) is 0.791. The lowest BCUT2D eigenvalue weighted by atomic mass is 10.2. The Labute approximate surface area is 144 Å². The SMILES string of the molecule is C[C@H](OC(=O)c1ccc(Br)cc1F)C(=O)Nc1ccc(Cl)cn1. The fraction of sp³-hybridized carbons (Fsp3) is 0.133. The highest BCUT2D eigenvalue weighted by molar-refractivity contribution is 9.10. The Kier molecular flexibility index (Phi) is 5.68. The van der Waals surface area contributed by atoms with Crippen molar-refractivity contribution in [2.24, 2.45) is 0 Å². The summed E-state index contributed by atoms with van der Waals surface area (Å²) in [6, 6.07) is 6.97. The van der Waals surface area contributed by atoms with E-state index in [9.17, 15) is 14.0 Å². The molecule has 0 unspecified atom stereocenters. The number of carbonyl (C=O) groups excluding carboxylic acids is 2. The van der Waals surface area contributed by atoms with Gasteiger partial charge in [0, 0.05) is 10.7 Å². The van der Waals surface area contributed by atoms with Gasteiger partial charge in [-0.3, -0.25) is 4.79 Å². The number of pyridine rings is 1. The molecule has 0 fully saturated rings. The molecule has 1 atom stereocenters. The number of nitrogens with one attached hydrogen (secondary N) is 1. The van der Waals surface area contributed by atoms with Crippen LogP contribution >= 0.6 is 27.5 Å². The van der Waals surface area contributed by atoms with Gasteiger partial charge in [0.25, 0.3) is 5.91 Å². The first-order valence-corrected chi connectivity index (χ1v) is 7.62. The molecule has 120 valence electrons. The first kappa shape index (κ1) is 17.4. The third-order valence-corrected chi connectivity index (χ3v) is 3.50. The van der Waals surface area contributed by atoms with Crippen molar-refractivity contribution in [2.45, 2.75) is 13.0 Å². The molecule has 2 aromatic rings. The van der Waals surface area contributed by atoms with Crippen molar-refractivity contribution in [3.63, 3.8) is 0 Å². The van der Waals surface area contributed by atoms with Crippen LogP contribution in [0.5, 0.6) is 0 Å². The topological polar surface area (TPSA) is 68.3 Å². The van der Waals surface area contributed by atoms with Gasteiger partial charge in [-0.25, -0.2) is 14.2 Å². The van der Waals surface area contributed by atoms with Gasteiger partial charge in [-0.05, 0) is 37.3 Å². The summed E-state index contributed by atoms with van der Waals surface area (Å²) in [5, 5.41) is 2.89. The predicted octanol–water partition coefficient (Wildman–Crippen LogP) is 3.82. The Morgan fingerprint density at radius 2 is 2.09 bits per heavy atom. The van der Waals surface area contributed by atoms with E-state index in [1.807, 2.05) is 0 Å². The maximum absolute atomic E-state index is 13.7. The maximum Gasteiger partial charge on any atom is 0.341 e. The molecule has 0 radical (unpaired) electrons. The number of carbonyl (C=O) groups is 2. The molecule has 1 amide bonds. The number of aromatic nitrogens is 1. The lowest BCUT2D eigenvalue weighted by Gasteiger charge is -2.13. The lowest BCUT2D eigenvalue weighted by molar-refractivity contribution is -0.123. The Hall–Kier alpha value is -1.99. The summed E-state index contributed by atoms with van der Waals surface area (Å²) in [6.45, 7) is 1.37. The molecule has 0 spiro atoms. The van der Waals surface area contributed by atoms with E-state index in [1.54, 1.807) is 6.07 Å². The van der Waals surface area contributed by atoms with Crippen LogP contribution in [-0.2, 0) is 9.53 Å². The molecule has 1 aromatic carbocycles. The molecule has 5 nitrogen and oxygen atoms in total. The monoisotopic (exact) mass is 400 g/mol. The van der Waals surface area contributed by atoms with E-state index in [0.29, 0.717) is 9.50 Å². The minimum atomic E-state index is -1.12. The largest absolute Gasteiger partial charge is 0.449 e. The normalized spacial score (nSPS) is 11.7. The summed E-state index contributed by atoms with van der Waals surface area (Å²) in [5.41, 5.74) is -0.252. The molecule has 1 aromatic heterocycles. The molecule has 0 aliphatic carbocycles. The van der Waals surface area contributed by atoms with E-state index < -0.39 is 23.8 Å². The Balaban J connectivity index is 2.00. The van der Waals surface area contributed by atoms with Gasteiger partial charge in [0.1, 0.15) is 11.6 Å². The average molecular weight is 402 g/mol. The summed E-state index contributed by atoms with van der Waals surface area (Å²) < 4.78 is 19.1. The van der Waals surface area contributed by atoms with E-state index in [2.05, 4.69) is 26.2 Å². The van der Waals surface area contributed by atoms with Gasteiger partial charge < -0.3 is 10.1 Å².